The molecule has 14 heteroatoms. The van der Waals surface area contributed by atoms with E-state index in [0.717, 1.165) is 0 Å². The molecule has 2 saturated heterocycles. The van der Waals surface area contributed by atoms with Crippen LogP contribution in [0.25, 0.3) is 22.1 Å². The van der Waals surface area contributed by atoms with Gasteiger partial charge in [-0.15, -0.1) is 0 Å². The first-order valence-corrected chi connectivity index (χ1v) is 15.9. The monoisotopic (exact) mass is 634 g/mol. The van der Waals surface area contributed by atoms with Gasteiger partial charge in [0.15, 0.2) is 32.8 Å². The predicted octanol–water partition coefficient (Wildman–Crippen LogP) is 5.88. The molecule has 5 heterocycles. The van der Waals surface area contributed by atoms with Crippen LogP contribution in [0.5, 0.6) is 5.88 Å². The first kappa shape index (κ1) is 28.3. The minimum Gasteiger partial charge on any atom is -0.472 e. The van der Waals surface area contributed by atoms with Crippen LogP contribution < -0.4 is 9.64 Å². The van der Waals surface area contributed by atoms with Gasteiger partial charge in [-0.2, -0.15) is 0 Å². The average Bonchev–Trinajstić information content (AvgIpc) is 3.46. The molecule has 0 radical (unpaired) electrons. The van der Waals surface area contributed by atoms with Gasteiger partial charge in [-0.3, -0.25) is 4.79 Å². The molecule has 1 aliphatic carbocycles. The van der Waals surface area contributed by atoms with Crippen molar-refractivity contribution in [1.82, 2.24) is 15.0 Å². The lowest BCUT2D eigenvalue weighted by Crippen LogP contribution is -2.42. The number of carbonyl (C=O) groups excluding carboxylic acids is 1. The standard InChI is InChI=1S/C29H26ClF3N4O5S/c1-15(38)20-11-17(13-37(20)26-23-22(35-25(36-26)24(31)32)18-4-2-3-5-21(18)42-23)41-27-19(10-16(30)12-34-27)29(33)8-9-43(39,40)28(14-29)6-7-28/h2-5,10,12,17,20,24H,6-9,11,13-14H2,1H3/t17-,20-,29+/m0/s1. The Kier molecular flexibility index (Phi) is 6.44. The molecule has 9 nitrogen and oxygen atoms in total. The van der Waals surface area contributed by atoms with Gasteiger partial charge in [0.25, 0.3) is 6.43 Å². The molecule has 7 rings (SSSR count). The third kappa shape index (κ3) is 4.62. The molecule has 0 N–H and O–H groups in total. The fraction of sp³-hybridized carbons (Fsp3) is 0.448. The van der Waals surface area contributed by atoms with Crippen LogP contribution in [0.2, 0.25) is 5.02 Å². The second-order valence-electron chi connectivity index (χ2n) is 11.6. The van der Waals surface area contributed by atoms with Crippen LogP contribution >= 0.6 is 11.6 Å². The summed E-state index contributed by atoms with van der Waals surface area (Å²) in [5.41, 5.74) is -1.20. The highest BCUT2D eigenvalue weighted by Gasteiger charge is 2.62. The van der Waals surface area contributed by atoms with E-state index < -0.39 is 44.6 Å². The number of alkyl halides is 3. The smallest absolute Gasteiger partial charge is 0.297 e. The van der Waals surface area contributed by atoms with Crippen molar-refractivity contribution in [2.75, 3.05) is 17.2 Å². The number of rotatable bonds is 6. The highest BCUT2D eigenvalue weighted by Crippen LogP contribution is 2.58. The Bertz CT molecular complexity index is 1900. The summed E-state index contributed by atoms with van der Waals surface area (Å²) in [5.74, 6) is -1.29. The minimum absolute atomic E-state index is 0.0252. The largest absolute Gasteiger partial charge is 0.472 e. The van der Waals surface area contributed by atoms with Crippen LogP contribution in [0.3, 0.4) is 0 Å². The first-order valence-electron chi connectivity index (χ1n) is 13.9. The molecule has 4 aromatic rings. The number of hydrogen-bond acceptors (Lipinski definition) is 9. The van der Waals surface area contributed by atoms with Gasteiger partial charge in [0.1, 0.15) is 22.9 Å². The van der Waals surface area contributed by atoms with Gasteiger partial charge >= 0.3 is 0 Å². The average molecular weight is 635 g/mol. The van der Waals surface area contributed by atoms with E-state index >= 15 is 4.39 Å². The summed E-state index contributed by atoms with van der Waals surface area (Å²) in [6, 6.07) is 7.46. The topological polar surface area (TPSA) is 115 Å². The highest BCUT2D eigenvalue weighted by atomic mass is 35.5. The third-order valence-corrected chi connectivity index (χ3v) is 11.7. The zero-order chi connectivity index (χ0) is 30.3. The van der Waals surface area contributed by atoms with Crippen LogP contribution in [-0.2, 0) is 20.3 Å². The number of anilines is 1. The van der Waals surface area contributed by atoms with Crippen molar-refractivity contribution in [2.24, 2.45) is 0 Å². The Balaban J connectivity index is 1.25. The fourth-order valence-corrected chi connectivity index (χ4v) is 8.82. The Labute approximate surface area is 249 Å². The van der Waals surface area contributed by atoms with Gasteiger partial charge in [0.05, 0.1) is 33.7 Å². The molecule has 3 fully saturated rings. The second kappa shape index (κ2) is 9.78. The SMILES string of the molecule is CC(=O)[C@@H]1C[C@H](Oc2ncc(Cl)cc2[C@@]2(F)CCS(=O)(=O)C3(CC3)C2)CN1c1nc(C(F)F)nc2c1oc1ccccc12. The van der Waals surface area contributed by atoms with Crippen molar-refractivity contribution in [3.63, 3.8) is 0 Å². The van der Waals surface area contributed by atoms with Crippen LogP contribution in [0.15, 0.2) is 40.9 Å². The zero-order valence-electron chi connectivity index (χ0n) is 22.9. The molecule has 226 valence electrons. The number of hydrogen-bond donors (Lipinski definition) is 0. The van der Waals surface area contributed by atoms with E-state index in [1.807, 2.05) is 0 Å². The number of para-hydroxylation sites is 1. The molecule has 2 aliphatic heterocycles. The van der Waals surface area contributed by atoms with E-state index in [2.05, 4.69) is 15.0 Å². The maximum absolute atomic E-state index is 16.6. The Hall–Kier alpha value is -3.45. The number of furan rings is 1. The minimum atomic E-state index is -3.42. The van der Waals surface area contributed by atoms with E-state index in [-0.39, 0.29) is 70.7 Å². The van der Waals surface area contributed by atoms with Crippen LogP contribution in [0.4, 0.5) is 19.0 Å². The van der Waals surface area contributed by atoms with Gasteiger partial charge in [0.2, 0.25) is 5.88 Å². The van der Waals surface area contributed by atoms with Gasteiger partial charge in [-0.25, -0.2) is 36.5 Å². The third-order valence-electron chi connectivity index (χ3n) is 8.83. The molecule has 1 aromatic carbocycles. The van der Waals surface area contributed by atoms with Crippen molar-refractivity contribution < 1.29 is 35.5 Å². The van der Waals surface area contributed by atoms with Crippen LogP contribution in [0, 0.1) is 0 Å². The number of nitrogens with zero attached hydrogens (tertiary/aromatic N) is 4. The summed E-state index contributed by atoms with van der Waals surface area (Å²) in [6.45, 7) is 1.41. The van der Waals surface area contributed by atoms with Crippen LogP contribution in [-0.4, -0.2) is 58.3 Å². The molecule has 1 saturated carbocycles. The van der Waals surface area contributed by atoms with Gasteiger partial charge in [-0.05, 0) is 44.4 Å². The van der Waals surface area contributed by atoms with Crippen molar-refractivity contribution in [2.45, 2.75) is 68.0 Å². The van der Waals surface area contributed by atoms with Gasteiger partial charge in [-0.1, -0.05) is 23.7 Å². The Morgan fingerprint density at radius 3 is 2.70 bits per heavy atom. The molecule has 1 spiro atoms. The highest BCUT2D eigenvalue weighted by molar-refractivity contribution is 7.93. The molecule has 0 bridgehead atoms. The molecule has 43 heavy (non-hydrogen) atoms. The van der Waals surface area contributed by atoms with Crippen molar-refractivity contribution in [3.8, 4) is 5.88 Å². The van der Waals surface area contributed by atoms with Crippen LogP contribution in [0.1, 0.15) is 56.8 Å². The van der Waals surface area contributed by atoms with E-state index in [1.165, 1.54) is 19.2 Å². The molecule has 0 amide bonds. The summed E-state index contributed by atoms with van der Waals surface area (Å²) in [6.07, 6.45) is -1.93. The molecular weight excluding hydrogens is 609 g/mol. The van der Waals surface area contributed by atoms with Gasteiger partial charge < -0.3 is 14.1 Å². The number of ether oxygens (including phenoxy) is 1. The number of carbonyl (C=O) groups is 1. The lowest BCUT2D eigenvalue weighted by atomic mass is 9.87. The number of sulfone groups is 1. The summed E-state index contributed by atoms with van der Waals surface area (Å²) in [5, 5.41) is 0.695. The van der Waals surface area contributed by atoms with E-state index in [4.69, 9.17) is 20.8 Å². The Morgan fingerprint density at radius 1 is 1.21 bits per heavy atom. The summed E-state index contributed by atoms with van der Waals surface area (Å²) in [4.78, 5) is 26.8. The van der Waals surface area contributed by atoms with Crippen molar-refractivity contribution >= 4 is 55.1 Å². The molecular formula is C29H26ClF3N4O5S. The zero-order valence-corrected chi connectivity index (χ0v) is 24.5. The summed E-state index contributed by atoms with van der Waals surface area (Å²) >= 11 is 6.21. The van der Waals surface area contributed by atoms with Gasteiger partial charge in [0, 0.05) is 24.4 Å². The number of ketones is 1. The lowest BCUT2D eigenvalue weighted by molar-refractivity contribution is -0.118. The van der Waals surface area contributed by atoms with Crippen molar-refractivity contribution in [3.05, 3.63) is 52.9 Å². The van der Waals surface area contributed by atoms with E-state index in [0.29, 0.717) is 23.8 Å². The molecule has 3 atom stereocenters. The maximum atomic E-state index is 16.6. The first-order chi connectivity index (χ1) is 20.4. The fourth-order valence-electron chi connectivity index (χ4n) is 6.47. The number of halogens is 4. The normalized spacial score (nSPS) is 26.0. The van der Waals surface area contributed by atoms with Crippen molar-refractivity contribution in [1.29, 1.82) is 0 Å². The summed E-state index contributed by atoms with van der Waals surface area (Å²) in [7, 11) is -3.42. The molecule has 0 unspecified atom stereocenters. The number of aromatic nitrogens is 3. The Morgan fingerprint density at radius 2 is 1.98 bits per heavy atom. The maximum Gasteiger partial charge on any atom is 0.297 e. The summed E-state index contributed by atoms with van der Waals surface area (Å²) < 4.78 is 80.9. The number of benzene rings is 1. The second-order valence-corrected chi connectivity index (χ2v) is 14.6. The number of pyridine rings is 1. The number of Topliss-reactive ketones (excluding diaryl/α,β-unsaturated/α-hetero) is 1. The molecule has 3 aliphatic rings. The lowest BCUT2D eigenvalue weighted by Gasteiger charge is -2.36. The quantitative estimate of drug-likeness (QED) is 0.256. The molecule has 3 aromatic heterocycles. The van der Waals surface area contributed by atoms with E-state index in [9.17, 15) is 22.0 Å². The predicted molar refractivity (Wildman–Crippen MR) is 152 cm³/mol. The number of fused-ring (bicyclic) bond motifs is 3. The van der Waals surface area contributed by atoms with E-state index in [1.54, 1.807) is 29.2 Å².